The standard InChI is InChI=1S/C27H20N2O/c1-16(2)26-28-25(21-12-11-17-7-3-4-8-18(17)13-21)24-22-14-19-9-5-6-10-20(19)15-23(22)30-27(24)29-26/h3-16H,1-2H3. The lowest BCUT2D eigenvalue weighted by Crippen LogP contribution is -1.99. The van der Waals surface area contributed by atoms with Gasteiger partial charge >= 0.3 is 0 Å². The minimum absolute atomic E-state index is 0.209. The highest BCUT2D eigenvalue weighted by Gasteiger charge is 2.19. The van der Waals surface area contributed by atoms with Crippen LogP contribution in [0.4, 0.5) is 0 Å². The van der Waals surface area contributed by atoms with Crippen LogP contribution in [0.2, 0.25) is 0 Å². The number of nitrogens with zero attached hydrogens (tertiary/aromatic N) is 2. The SMILES string of the molecule is CC(C)c1nc(-c2ccc3ccccc3c2)c2c(n1)oc1cc3ccccc3cc12. The summed E-state index contributed by atoms with van der Waals surface area (Å²) < 4.78 is 6.25. The van der Waals surface area contributed by atoms with Crippen LogP contribution in [0, 0.1) is 0 Å². The Balaban J connectivity index is 1.74. The van der Waals surface area contributed by atoms with Crippen molar-refractivity contribution in [1.82, 2.24) is 9.97 Å². The van der Waals surface area contributed by atoms with Crippen molar-refractivity contribution in [3.8, 4) is 11.3 Å². The van der Waals surface area contributed by atoms with E-state index >= 15 is 0 Å². The van der Waals surface area contributed by atoms with E-state index in [1.54, 1.807) is 0 Å². The average molecular weight is 388 g/mol. The fourth-order valence-corrected chi connectivity index (χ4v) is 4.18. The van der Waals surface area contributed by atoms with E-state index in [4.69, 9.17) is 14.4 Å². The maximum absolute atomic E-state index is 6.25. The Morgan fingerprint density at radius 3 is 2.10 bits per heavy atom. The van der Waals surface area contributed by atoms with Gasteiger partial charge in [0.1, 0.15) is 11.4 Å². The molecule has 2 heterocycles. The smallest absolute Gasteiger partial charge is 0.231 e. The lowest BCUT2D eigenvalue weighted by atomic mass is 10.0. The maximum atomic E-state index is 6.25. The van der Waals surface area contributed by atoms with Crippen molar-refractivity contribution in [2.75, 3.05) is 0 Å². The summed E-state index contributed by atoms with van der Waals surface area (Å²) in [7, 11) is 0. The highest BCUT2D eigenvalue weighted by molar-refractivity contribution is 6.14. The Morgan fingerprint density at radius 2 is 1.37 bits per heavy atom. The molecule has 3 nitrogen and oxygen atoms in total. The summed E-state index contributed by atoms with van der Waals surface area (Å²) in [6.45, 7) is 4.23. The van der Waals surface area contributed by atoms with Gasteiger partial charge in [0.2, 0.25) is 5.71 Å². The predicted octanol–water partition coefficient (Wildman–Crippen LogP) is 7.47. The van der Waals surface area contributed by atoms with Crippen LogP contribution in [0.25, 0.3) is 54.9 Å². The molecule has 0 fully saturated rings. The average Bonchev–Trinajstić information content (AvgIpc) is 3.13. The summed E-state index contributed by atoms with van der Waals surface area (Å²) in [5.41, 5.74) is 3.52. The van der Waals surface area contributed by atoms with Crippen molar-refractivity contribution in [3.63, 3.8) is 0 Å². The van der Waals surface area contributed by atoms with Gasteiger partial charge in [-0.05, 0) is 39.7 Å². The van der Waals surface area contributed by atoms with E-state index in [-0.39, 0.29) is 5.92 Å². The van der Waals surface area contributed by atoms with E-state index in [2.05, 4.69) is 86.6 Å². The highest BCUT2D eigenvalue weighted by Crippen LogP contribution is 2.38. The molecule has 0 saturated heterocycles. The van der Waals surface area contributed by atoms with E-state index in [9.17, 15) is 0 Å². The van der Waals surface area contributed by atoms with E-state index in [0.29, 0.717) is 5.71 Å². The first kappa shape index (κ1) is 17.2. The number of rotatable bonds is 2. The normalized spacial score (nSPS) is 12.0. The first-order valence-electron chi connectivity index (χ1n) is 10.3. The first-order valence-corrected chi connectivity index (χ1v) is 10.3. The van der Waals surface area contributed by atoms with Crippen molar-refractivity contribution >= 4 is 43.6 Å². The molecule has 0 aliphatic carbocycles. The van der Waals surface area contributed by atoms with Gasteiger partial charge in [-0.25, -0.2) is 4.98 Å². The van der Waals surface area contributed by atoms with Crippen LogP contribution in [0.3, 0.4) is 0 Å². The second kappa shape index (κ2) is 6.39. The summed E-state index contributed by atoms with van der Waals surface area (Å²) in [6, 6.07) is 27.6. The fraction of sp³-hybridized carbons (Fsp3) is 0.111. The molecule has 0 spiro atoms. The fourth-order valence-electron chi connectivity index (χ4n) is 4.18. The second-order valence-electron chi connectivity index (χ2n) is 8.12. The molecule has 0 radical (unpaired) electrons. The number of furan rings is 1. The molecule has 6 aromatic rings. The van der Waals surface area contributed by atoms with Crippen LogP contribution in [-0.2, 0) is 0 Å². The van der Waals surface area contributed by atoms with Crippen molar-refractivity contribution in [2.24, 2.45) is 0 Å². The largest absolute Gasteiger partial charge is 0.438 e. The summed E-state index contributed by atoms with van der Waals surface area (Å²) in [5.74, 6) is 1.01. The number of fused-ring (bicyclic) bond motifs is 5. The Hall–Kier alpha value is -3.72. The molecule has 2 aromatic heterocycles. The minimum atomic E-state index is 0.209. The molecule has 0 unspecified atom stereocenters. The van der Waals surface area contributed by atoms with E-state index in [1.165, 1.54) is 16.2 Å². The van der Waals surface area contributed by atoms with Crippen LogP contribution >= 0.6 is 0 Å². The molecule has 0 aliphatic heterocycles. The van der Waals surface area contributed by atoms with Gasteiger partial charge in [0.15, 0.2) is 0 Å². The Morgan fingerprint density at radius 1 is 0.700 bits per heavy atom. The zero-order valence-corrected chi connectivity index (χ0v) is 16.9. The first-order chi connectivity index (χ1) is 14.7. The maximum Gasteiger partial charge on any atom is 0.231 e. The van der Waals surface area contributed by atoms with Gasteiger partial charge in [-0.2, -0.15) is 4.98 Å². The van der Waals surface area contributed by atoms with Gasteiger partial charge in [0.25, 0.3) is 0 Å². The Labute approximate surface area is 174 Å². The molecule has 0 bridgehead atoms. The van der Waals surface area contributed by atoms with Gasteiger partial charge in [-0.3, -0.25) is 0 Å². The third kappa shape index (κ3) is 2.59. The van der Waals surface area contributed by atoms with Crippen LogP contribution in [0.1, 0.15) is 25.6 Å². The molecule has 0 N–H and O–H groups in total. The number of benzene rings is 4. The lowest BCUT2D eigenvalue weighted by Gasteiger charge is -2.09. The Kier molecular flexibility index (Phi) is 3.66. The van der Waals surface area contributed by atoms with Crippen LogP contribution in [0.5, 0.6) is 0 Å². The topological polar surface area (TPSA) is 38.9 Å². The van der Waals surface area contributed by atoms with Crippen LogP contribution < -0.4 is 0 Å². The number of aromatic nitrogens is 2. The highest BCUT2D eigenvalue weighted by atomic mass is 16.3. The van der Waals surface area contributed by atoms with Crippen molar-refractivity contribution in [2.45, 2.75) is 19.8 Å². The molecule has 4 aromatic carbocycles. The zero-order valence-electron chi connectivity index (χ0n) is 16.9. The second-order valence-corrected chi connectivity index (χ2v) is 8.12. The molecule has 30 heavy (non-hydrogen) atoms. The van der Waals surface area contributed by atoms with Gasteiger partial charge < -0.3 is 4.42 Å². The lowest BCUT2D eigenvalue weighted by molar-refractivity contribution is 0.643. The van der Waals surface area contributed by atoms with Crippen LogP contribution in [-0.4, -0.2) is 9.97 Å². The van der Waals surface area contributed by atoms with Crippen LogP contribution in [0.15, 0.2) is 83.3 Å². The summed E-state index contributed by atoms with van der Waals surface area (Å²) in [4.78, 5) is 9.78. The molecule has 0 amide bonds. The van der Waals surface area contributed by atoms with Gasteiger partial charge in [-0.15, -0.1) is 0 Å². The monoisotopic (exact) mass is 388 g/mol. The van der Waals surface area contributed by atoms with Gasteiger partial charge in [-0.1, -0.05) is 74.5 Å². The number of hydrogen-bond donors (Lipinski definition) is 0. The van der Waals surface area contributed by atoms with E-state index in [0.717, 1.165) is 38.8 Å². The summed E-state index contributed by atoms with van der Waals surface area (Å²) in [5, 5.41) is 6.81. The van der Waals surface area contributed by atoms with Crippen molar-refractivity contribution < 1.29 is 4.42 Å². The summed E-state index contributed by atoms with van der Waals surface area (Å²) in [6.07, 6.45) is 0. The molecular weight excluding hydrogens is 368 g/mol. The van der Waals surface area contributed by atoms with Crippen molar-refractivity contribution in [1.29, 1.82) is 0 Å². The van der Waals surface area contributed by atoms with Gasteiger partial charge in [0.05, 0.1) is 11.1 Å². The minimum Gasteiger partial charge on any atom is -0.438 e. The van der Waals surface area contributed by atoms with E-state index < -0.39 is 0 Å². The quantitative estimate of drug-likeness (QED) is 0.309. The molecule has 6 rings (SSSR count). The molecule has 3 heteroatoms. The number of hydrogen-bond acceptors (Lipinski definition) is 3. The van der Waals surface area contributed by atoms with Crippen molar-refractivity contribution in [3.05, 3.63) is 84.7 Å². The predicted molar refractivity (Wildman–Crippen MR) is 124 cm³/mol. The Bertz CT molecular complexity index is 1580. The molecular formula is C27H20N2O. The zero-order chi connectivity index (χ0) is 20.2. The molecule has 0 saturated carbocycles. The molecule has 0 atom stereocenters. The van der Waals surface area contributed by atoms with Gasteiger partial charge in [0, 0.05) is 16.9 Å². The summed E-state index contributed by atoms with van der Waals surface area (Å²) >= 11 is 0. The van der Waals surface area contributed by atoms with E-state index in [1.807, 2.05) is 6.07 Å². The molecule has 0 aliphatic rings. The third-order valence-corrected chi connectivity index (χ3v) is 5.76. The molecule has 144 valence electrons. The third-order valence-electron chi connectivity index (χ3n) is 5.76.